The Bertz CT molecular complexity index is 991. The Morgan fingerprint density at radius 3 is 2.43 bits per heavy atom. The van der Waals surface area contributed by atoms with Crippen LogP contribution >= 0.6 is 11.6 Å². The number of amides is 1. The number of anilines is 2. The predicted octanol–water partition coefficient (Wildman–Crippen LogP) is 2.52. The first-order chi connectivity index (χ1) is 14.6. The number of nitrogens with one attached hydrogen (secondary N) is 2. The lowest BCUT2D eigenvalue weighted by molar-refractivity contribution is -0.922. The average Bonchev–Trinajstić information content (AvgIpc) is 2.78. The van der Waals surface area contributed by atoms with Crippen molar-refractivity contribution >= 4 is 29.1 Å². The molecule has 0 spiro atoms. The topological polar surface area (TPSA) is 62.6 Å². The van der Waals surface area contributed by atoms with Gasteiger partial charge in [-0.1, -0.05) is 48.0 Å². The number of benzene rings is 2. The fourth-order valence-electron chi connectivity index (χ4n) is 3.84. The average molecular weight is 423 g/mol. The van der Waals surface area contributed by atoms with E-state index in [1.807, 2.05) is 55.5 Å². The lowest BCUT2D eigenvalue weighted by Crippen LogP contribution is -3.16. The molecule has 30 heavy (non-hydrogen) atoms. The molecule has 2 aromatic carbocycles. The van der Waals surface area contributed by atoms with Gasteiger partial charge in [-0.3, -0.25) is 4.79 Å². The monoisotopic (exact) mass is 422 g/mol. The van der Waals surface area contributed by atoms with Crippen LogP contribution in [0.15, 0.2) is 67.0 Å². The maximum Gasteiger partial charge on any atom is 0.287 e. The van der Waals surface area contributed by atoms with Crippen LogP contribution in [0.4, 0.5) is 11.6 Å². The SMILES string of the molecule is Cc1ccc(NC(=O)[C@H](c2ccccc2)[NH+]2CCN(c3ncccn3)CC2)cc1Cl. The molecule has 1 fully saturated rings. The molecule has 1 aromatic heterocycles. The van der Waals surface area contributed by atoms with Gasteiger partial charge in [0.15, 0.2) is 6.04 Å². The minimum absolute atomic E-state index is 0.0273. The second-order valence-electron chi connectivity index (χ2n) is 7.49. The molecule has 2 N–H and O–H groups in total. The first kappa shape index (κ1) is 20.3. The number of hydrogen-bond donors (Lipinski definition) is 2. The second kappa shape index (κ2) is 9.24. The Kier molecular flexibility index (Phi) is 6.26. The number of aryl methyl sites for hydroxylation is 1. The van der Waals surface area contributed by atoms with Crippen LogP contribution in [0.5, 0.6) is 0 Å². The van der Waals surface area contributed by atoms with Gasteiger partial charge in [0.25, 0.3) is 5.91 Å². The Hall–Kier alpha value is -2.96. The molecule has 0 aliphatic carbocycles. The van der Waals surface area contributed by atoms with Crippen molar-refractivity contribution < 1.29 is 9.69 Å². The molecule has 1 saturated heterocycles. The van der Waals surface area contributed by atoms with Crippen LogP contribution in [0.3, 0.4) is 0 Å². The molecule has 7 heteroatoms. The molecule has 154 valence electrons. The molecule has 0 unspecified atom stereocenters. The van der Waals surface area contributed by atoms with Crippen LogP contribution in [0.2, 0.25) is 5.02 Å². The van der Waals surface area contributed by atoms with E-state index in [1.54, 1.807) is 18.5 Å². The molecule has 1 amide bonds. The zero-order valence-corrected chi connectivity index (χ0v) is 17.6. The summed E-state index contributed by atoms with van der Waals surface area (Å²) < 4.78 is 0. The van der Waals surface area contributed by atoms with E-state index >= 15 is 0 Å². The van der Waals surface area contributed by atoms with E-state index in [-0.39, 0.29) is 11.9 Å². The zero-order valence-electron chi connectivity index (χ0n) is 16.9. The number of aromatic nitrogens is 2. The van der Waals surface area contributed by atoms with Gasteiger partial charge in [-0.2, -0.15) is 0 Å². The van der Waals surface area contributed by atoms with Crippen molar-refractivity contribution in [3.05, 3.63) is 83.1 Å². The fourth-order valence-corrected chi connectivity index (χ4v) is 4.02. The third kappa shape index (κ3) is 4.61. The lowest BCUT2D eigenvalue weighted by atomic mass is 10.0. The summed E-state index contributed by atoms with van der Waals surface area (Å²) in [5.74, 6) is 0.715. The zero-order chi connectivity index (χ0) is 20.9. The highest BCUT2D eigenvalue weighted by atomic mass is 35.5. The standard InChI is InChI=1S/C23H24ClN5O/c1-17-8-9-19(16-20(17)24)27-22(30)21(18-6-3-2-4-7-18)28-12-14-29(15-13-28)23-25-10-5-11-26-23/h2-11,16,21H,12-15H2,1H3,(H,27,30)/p+1/t21-/m0/s1. The number of carbonyl (C=O) groups excluding carboxylic acids is 1. The van der Waals surface area contributed by atoms with E-state index in [2.05, 4.69) is 20.2 Å². The van der Waals surface area contributed by atoms with E-state index in [4.69, 9.17) is 11.6 Å². The molecule has 2 heterocycles. The number of nitrogens with zero attached hydrogens (tertiary/aromatic N) is 3. The third-order valence-corrected chi connectivity index (χ3v) is 5.89. The first-order valence-electron chi connectivity index (χ1n) is 10.1. The number of halogens is 1. The van der Waals surface area contributed by atoms with Crippen LogP contribution in [-0.4, -0.2) is 42.1 Å². The molecule has 0 radical (unpaired) electrons. The van der Waals surface area contributed by atoms with Crippen molar-refractivity contribution in [3.8, 4) is 0 Å². The Morgan fingerprint density at radius 1 is 1.07 bits per heavy atom. The van der Waals surface area contributed by atoms with Crippen molar-refractivity contribution in [3.63, 3.8) is 0 Å². The van der Waals surface area contributed by atoms with Gasteiger partial charge in [0.1, 0.15) is 0 Å². The number of hydrogen-bond acceptors (Lipinski definition) is 4. The van der Waals surface area contributed by atoms with Crippen LogP contribution in [0.1, 0.15) is 17.2 Å². The molecule has 6 nitrogen and oxygen atoms in total. The summed E-state index contributed by atoms with van der Waals surface area (Å²) in [4.78, 5) is 25.4. The minimum atomic E-state index is -0.301. The molecule has 1 aliphatic heterocycles. The summed E-state index contributed by atoms with van der Waals surface area (Å²) in [6.45, 7) is 5.18. The van der Waals surface area contributed by atoms with E-state index in [0.717, 1.165) is 43.3 Å². The summed E-state index contributed by atoms with van der Waals surface area (Å²) in [5, 5.41) is 3.71. The second-order valence-corrected chi connectivity index (χ2v) is 7.90. The Morgan fingerprint density at radius 2 is 1.77 bits per heavy atom. The van der Waals surface area contributed by atoms with Gasteiger partial charge < -0.3 is 15.1 Å². The molecular weight excluding hydrogens is 398 g/mol. The van der Waals surface area contributed by atoms with Crippen LogP contribution < -0.4 is 15.1 Å². The van der Waals surface area contributed by atoms with Crippen molar-refractivity contribution in [1.29, 1.82) is 0 Å². The van der Waals surface area contributed by atoms with Gasteiger partial charge in [-0.15, -0.1) is 0 Å². The van der Waals surface area contributed by atoms with Crippen molar-refractivity contribution in [1.82, 2.24) is 9.97 Å². The molecule has 0 saturated carbocycles. The number of quaternary nitrogens is 1. The van der Waals surface area contributed by atoms with Gasteiger partial charge in [0.2, 0.25) is 5.95 Å². The largest absolute Gasteiger partial charge is 0.330 e. The third-order valence-electron chi connectivity index (χ3n) is 5.48. The van der Waals surface area contributed by atoms with E-state index in [9.17, 15) is 4.79 Å². The van der Waals surface area contributed by atoms with Crippen molar-refractivity contribution in [2.24, 2.45) is 0 Å². The van der Waals surface area contributed by atoms with Gasteiger partial charge >= 0.3 is 0 Å². The highest BCUT2D eigenvalue weighted by Crippen LogP contribution is 2.21. The summed E-state index contributed by atoms with van der Waals surface area (Å²) >= 11 is 6.24. The van der Waals surface area contributed by atoms with E-state index < -0.39 is 0 Å². The molecule has 4 rings (SSSR count). The quantitative estimate of drug-likeness (QED) is 0.663. The number of piperazine rings is 1. The van der Waals surface area contributed by atoms with Gasteiger partial charge in [0.05, 0.1) is 26.2 Å². The molecule has 0 bridgehead atoms. The van der Waals surface area contributed by atoms with Gasteiger partial charge in [-0.05, 0) is 30.7 Å². The molecule has 3 aromatic rings. The molecule has 1 aliphatic rings. The molecule has 1 atom stereocenters. The van der Waals surface area contributed by atoms with E-state index in [1.165, 1.54) is 4.90 Å². The first-order valence-corrected chi connectivity index (χ1v) is 10.5. The highest BCUT2D eigenvalue weighted by molar-refractivity contribution is 6.31. The minimum Gasteiger partial charge on any atom is -0.330 e. The Balaban J connectivity index is 1.52. The smallest absolute Gasteiger partial charge is 0.287 e. The van der Waals surface area contributed by atoms with Crippen molar-refractivity contribution in [2.75, 3.05) is 36.4 Å². The van der Waals surface area contributed by atoms with Crippen molar-refractivity contribution in [2.45, 2.75) is 13.0 Å². The van der Waals surface area contributed by atoms with Crippen LogP contribution in [0, 0.1) is 6.92 Å². The lowest BCUT2D eigenvalue weighted by Gasteiger charge is -2.36. The Labute approximate surface area is 181 Å². The maximum atomic E-state index is 13.3. The molecular formula is C23H25ClN5O+. The summed E-state index contributed by atoms with van der Waals surface area (Å²) in [7, 11) is 0. The van der Waals surface area contributed by atoms with E-state index in [0.29, 0.717) is 10.7 Å². The normalized spacial score (nSPS) is 15.6. The predicted molar refractivity (Wildman–Crippen MR) is 119 cm³/mol. The summed E-state index contributed by atoms with van der Waals surface area (Å²) in [6, 6.07) is 17.1. The van der Waals surface area contributed by atoms with Crippen LogP contribution in [0.25, 0.3) is 0 Å². The highest BCUT2D eigenvalue weighted by Gasteiger charge is 2.34. The van der Waals surface area contributed by atoms with Gasteiger partial charge in [0, 0.05) is 28.7 Å². The summed E-state index contributed by atoms with van der Waals surface area (Å²) in [6.07, 6.45) is 3.52. The van der Waals surface area contributed by atoms with Gasteiger partial charge in [-0.25, -0.2) is 9.97 Å². The number of rotatable bonds is 5. The number of carbonyl (C=O) groups is 1. The fraction of sp³-hybridized carbons (Fsp3) is 0.261. The maximum absolute atomic E-state index is 13.3. The van der Waals surface area contributed by atoms with Crippen LogP contribution in [-0.2, 0) is 4.79 Å². The summed E-state index contributed by atoms with van der Waals surface area (Å²) in [5.41, 5.74) is 2.71.